The zero-order valence-electron chi connectivity index (χ0n) is 23.7. The van der Waals surface area contributed by atoms with E-state index in [1.807, 2.05) is 13.8 Å². The van der Waals surface area contributed by atoms with E-state index in [0.717, 1.165) is 13.0 Å². The third-order valence-corrected chi connectivity index (χ3v) is 5.59. The zero-order chi connectivity index (χ0) is 26.4. The van der Waals surface area contributed by atoms with Crippen molar-refractivity contribution in [2.24, 2.45) is 0 Å². The molecule has 0 radical (unpaired) electrons. The van der Waals surface area contributed by atoms with E-state index in [0.29, 0.717) is 72.7 Å². The molecule has 8 nitrogen and oxygen atoms in total. The Morgan fingerprint density at radius 3 is 1.42 bits per heavy atom. The van der Waals surface area contributed by atoms with Gasteiger partial charge in [0.25, 0.3) is 0 Å². The van der Waals surface area contributed by atoms with Gasteiger partial charge in [-0.15, -0.1) is 0 Å². The summed E-state index contributed by atoms with van der Waals surface area (Å²) in [6.45, 7) is 12.9. The highest BCUT2D eigenvalue weighted by atomic mass is 16.6. The average molecular weight is 523 g/mol. The molecule has 0 aromatic rings. The van der Waals surface area contributed by atoms with Gasteiger partial charge in [0.2, 0.25) is 0 Å². The number of ether oxygens (including phenoxy) is 7. The van der Waals surface area contributed by atoms with Crippen LogP contribution in [0, 0.1) is 0 Å². The van der Waals surface area contributed by atoms with Crippen LogP contribution in [0.1, 0.15) is 85.0 Å². The number of hydrogen-bond acceptors (Lipinski definition) is 8. The van der Waals surface area contributed by atoms with E-state index in [1.54, 1.807) is 0 Å². The van der Waals surface area contributed by atoms with E-state index in [-0.39, 0.29) is 18.8 Å². The molecule has 0 aromatic carbocycles. The molecule has 218 valence electrons. The van der Waals surface area contributed by atoms with Crippen LogP contribution in [0.2, 0.25) is 0 Å². The quantitative estimate of drug-likeness (QED) is 0.130. The summed E-state index contributed by atoms with van der Waals surface area (Å²) in [5.74, 6) is 0. The van der Waals surface area contributed by atoms with Crippen LogP contribution >= 0.6 is 0 Å². The van der Waals surface area contributed by atoms with Crippen molar-refractivity contribution in [3.05, 3.63) is 0 Å². The third kappa shape index (κ3) is 29.9. The first-order valence-electron chi connectivity index (χ1n) is 14.4. The second kappa shape index (κ2) is 30.9. The zero-order valence-corrected chi connectivity index (χ0v) is 23.7. The van der Waals surface area contributed by atoms with Crippen LogP contribution in [0.15, 0.2) is 0 Å². The Labute approximate surface area is 221 Å². The molecule has 0 heterocycles. The van der Waals surface area contributed by atoms with Crippen LogP contribution in [-0.2, 0) is 33.2 Å². The predicted molar refractivity (Wildman–Crippen MR) is 144 cm³/mol. The Bertz CT molecular complexity index is 400. The van der Waals surface area contributed by atoms with Gasteiger partial charge in [-0.25, -0.2) is 0 Å². The molecule has 0 amide bonds. The smallest absolute Gasteiger partial charge is 0.0781 e. The molecule has 0 aromatic heterocycles. The molecule has 1 N–H and O–H groups in total. The van der Waals surface area contributed by atoms with Crippen molar-refractivity contribution in [3.8, 4) is 0 Å². The summed E-state index contributed by atoms with van der Waals surface area (Å²) >= 11 is 0. The van der Waals surface area contributed by atoms with Crippen LogP contribution in [-0.4, -0.2) is 103 Å². The van der Waals surface area contributed by atoms with Crippen molar-refractivity contribution in [2.45, 2.75) is 97.2 Å². The monoisotopic (exact) mass is 522 g/mol. The predicted octanol–water partition coefficient (Wildman–Crippen LogP) is 4.79. The fraction of sp³-hybridized carbons (Fsp3) is 1.00. The van der Waals surface area contributed by atoms with Gasteiger partial charge >= 0.3 is 0 Å². The molecule has 0 saturated carbocycles. The molecule has 0 aliphatic carbocycles. The maximum Gasteiger partial charge on any atom is 0.0781 e. The molecular weight excluding hydrogens is 464 g/mol. The van der Waals surface area contributed by atoms with Crippen LogP contribution in [0.5, 0.6) is 0 Å². The van der Waals surface area contributed by atoms with Crippen molar-refractivity contribution in [2.75, 3.05) is 85.9 Å². The van der Waals surface area contributed by atoms with Gasteiger partial charge in [0, 0.05) is 6.61 Å². The van der Waals surface area contributed by atoms with E-state index in [4.69, 9.17) is 38.3 Å². The van der Waals surface area contributed by atoms with Gasteiger partial charge in [-0.1, -0.05) is 64.7 Å². The molecule has 2 unspecified atom stereocenters. The summed E-state index contributed by atoms with van der Waals surface area (Å²) in [4.78, 5) is 0. The molecule has 0 aliphatic heterocycles. The van der Waals surface area contributed by atoms with Crippen LogP contribution in [0.4, 0.5) is 0 Å². The molecule has 0 rings (SSSR count). The van der Waals surface area contributed by atoms with Gasteiger partial charge in [-0.05, 0) is 20.3 Å². The number of aliphatic hydroxyl groups is 1. The first-order valence-corrected chi connectivity index (χ1v) is 14.4. The summed E-state index contributed by atoms with van der Waals surface area (Å²) in [6, 6.07) is 0. The highest BCUT2D eigenvalue weighted by Crippen LogP contribution is 2.10. The largest absolute Gasteiger partial charge is 0.394 e. The van der Waals surface area contributed by atoms with Gasteiger partial charge in [0.15, 0.2) is 0 Å². The number of aliphatic hydroxyl groups excluding tert-OH is 1. The molecule has 0 fully saturated rings. The average Bonchev–Trinajstić information content (AvgIpc) is 2.88. The molecule has 0 spiro atoms. The molecule has 0 bridgehead atoms. The van der Waals surface area contributed by atoms with Crippen LogP contribution in [0.25, 0.3) is 0 Å². The standard InChI is InChI=1S/C28H58O8/c1-4-5-6-7-8-9-10-11-12-13-15-34-25-27(2)36-26-28(3)35-24-23-33-22-21-32-20-19-31-18-17-30-16-14-29/h27-29H,4-26H2,1-3H3. The minimum Gasteiger partial charge on any atom is -0.394 e. The molecule has 8 heteroatoms. The highest BCUT2D eigenvalue weighted by Gasteiger charge is 2.07. The first-order chi connectivity index (χ1) is 17.7. The molecule has 2 atom stereocenters. The number of unbranched alkanes of at least 4 members (excludes halogenated alkanes) is 9. The minimum absolute atomic E-state index is 0.0211. The lowest BCUT2D eigenvalue weighted by molar-refractivity contribution is -0.0688. The van der Waals surface area contributed by atoms with E-state index >= 15 is 0 Å². The van der Waals surface area contributed by atoms with E-state index in [1.165, 1.54) is 57.8 Å². The molecule has 0 aliphatic rings. The van der Waals surface area contributed by atoms with Crippen molar-refractivity contribution >= 4 is 0 Å². The number of rotatable bonds is 31. The van der Waals surface area contributed by atoms with Gasteiger partial charge < -0.3 is 38.3 Å². The lowest BCUT2D eigenvalue weighted by atomic mass is 10.1. The molecular formula is C28H58O8. The van der Waals surface area contributed by atoms with Crippen molar-refractivity contribution < 1.29 is 38.3 Å². The fourth-order valence-corrected chi connectivity index (χ4v) is 3.47. The fourth-order valence-electron chi connectivity index (χ4n) is 3.47. The summed E-state index contributed by atoms with van der Waals surface area (Å²) in [5.41, 5.74) is 0. The van der Waals surface area contributed by atoms with Gasteiger partial charge in [0.1, 0.15) is 0 Å². The van der Waals surface area contributed by atoms with Crippen molar-refractivity contribution in [3.63, 3.8) is 0 Å². The van der Waals surface area contributed by atoms with Crippen molar-refractivity contribution in [1.82, 2.24) is 0 Å². The van der Waals surface area contributed by atoms with Gasteiger partial charge in [0.05, 0.1) is 91.5 Å². The van der Waals surface area contributed by atoms with Crippen LogP contribution < -0.4 is 0 Å². The van der Waals surface area contributed by atoms with E-state index in [2.05, 4.69) is 6.92 Å². The highest BCUT2D eigenvalue weighted by molar-refractivity contribution is 4.53. The van der Waals surface area contributed by atoms with Crippen molar-refractivity contribution in [1.29, 1.82) is 0 Å². The maximum absolute atomic E-state index is 8.58. The SMILES string of the molecule is CCCCCCCCCCCCOCC(C)OCC(C)OCCOCCOCCOCCOCCO. The summed E-state index contributed by atoms with van der Waals surface area (Å²) in [6.07, 6.45) is 13.5. The Kier molecular flexibility index (Phi) is 30.6. The van der Waals surface area contributed by atoms with E-state index in [9.17, 15) is 0 Å². The molecule has 36 heavy (non-hydrogen) atoms. The minimum atomic E-state index is 0.0211. The normalized spacial score (nSPS) is 13.3. The topological polar surface area (TPSA) is 84.8 Å². The summed E-state index contributed by atoms with van der Waals surface area (Å²) in [5, 5.41) is 8.58. The summed E-state index contributed by atoms with van der Waals surface area (Å²) in [7, 11) is 0. The van der Waals surface area contributed by atoms with Gasteiger partial charge in [-0.2, -0.15) is 0 Å². The first kappa shape index (κ1) is 35.7. The Morgan fingerprint density at radius 1 is 0.444 bits per heavy atom. The van der Waals surface area contributed by atoms with Gasteiger partial charge in [-0.3, -0.25) is 0 Å². The summed E-state index contributed by atoms with van der Waals surface area (Å²) < 4.78 is 38.7. The number of hydrogen-bond donors (Lipinski definition) is 1. The Hall–Kier alpha value is -0.320. The molecule has 0 saturated heterocycles. The lowest BCUT2D eigenvalue weighted by Crippen LogP contribution is -2.24. The Balaban J connectivity index is 3.26. The second-order valence-electron chi connectivity index (χ2n) is 9.26. The Morgan fingerprint density at radius 2 is 0.889 bits per heavy atom. The lowest BCUT2D eigenvalue weighted by Gasteiger charge is -2.18. The second-order valence-corrected chi connectivity index (χ2v) is 9.26. The van der Waals surface area contributed by atoms with Crippen LogP contribution in [0.3, 0.4) is 0 Å². The maximum atomic E-state index is 8.58. The van der Waals surface area contributed by atoms with E-state index < -0.39 is 0 Å². The third-order valence-electron chi connectivity index (χ3n) is 5.59.